The first-order valence-corrected chi connectivity index (χ1v) is 7.83. The number of benzene rings is 2. The Morgan fingerprint density at radius 3 is 2.45 bits per heavy atom. The van der Waals surface area contributed by atoms with Gasteiger partial charge in [0.2, 0.25) is 0 Å². The van der Waals surface area contributed by atoms with Gasteiger partial charge < -0.3 is 5.32 Å². The zero-order chi connectivity index (χ0) is 14.8. The molecule has 0 unspecified atom stereocenters. The molecule has 0 saturated heterocycles. The van der Waals surface area contributed by atoms with E-state index in [0.29, 0.717) is 0 Å². The first-order valence-electron chi connectivity index (χ1n) is 7.01. The Kier molecular flexibility index (Phi) is 3.29. The summed E-state index contributed by atoms with van der Waals surface area (Å²) in [5.41, 5.74) is 4.21. The Bertz CT molecular complexity index is 865. The van der Waals surface area contributed by atoms with Crippen molar-refractivity contribution in [2.75, 3.05) is 5.32 Å². The monoisotopic (exact) mass is 303 g/mol. The highest BCUT2D eigenvalue weighted by atomic mass is 32.1. The lowest BCUT2D eigenvalue weighted by molar-refractivity contribution is 1.32. The van der Waals surface area contributed by atoms with Gasteiger partial charge in [0.15, 0.2) is 0 Å². The van der Waals surface area contributed by atoms with Crippen molar-refractivity contribution in [3.63, 3.8) is 0 Å². The molecule has 0 aliphatic carbocycles. The van der Waals surface area contributed by atoms with Crippen LogP contribution >= 0.6 is 11.3 Å². The third-order valence-corrected chi connectivity index (χ3v) is 4.46. The van der Waals surface area contributed by atoms with Crippen LogP contribution in [0.5, 0.6) is 0 Å². The number of thiazole rings is 1. The second kappa shape index (κ2) is 5.58. The molecule has 0 aliphatic rings. The van der Waals surface area contributed by atoms with Gasteiger partial charge in [0.25, 0.3) is 0 Å². The van der Waals surface area contributed by atoms with E-state index in [-0.39, 0.29) is 0 Å². The zero-order valence-electron chi connectivity index (χ0n) is 11.7. The molecule has 2 heterocycles. The van der Waals surface area contributed by atoms with Crippen molar-refractivity contribution in [2.24, 2.45) is 0 Å². The average Bonchev–Trinajstić information content (AvgIpc) is 3.00. The molecule has 4 aromatic rings. The normalized spacial score (nSPS) is 10.7. The molecule has 2 aromatic carbocycles. The third-order valence-electron chi connectivity index (χ3n) is 3.38. The molecule has 1 N–H and O–H groups in total. The standard InChI is InChI=1S/C18H13N3S/c1-2-6-17-16(5-1)21-18(22-17)13-7-9-14(10-8-13)20-15-4-3-11-19-12-15/h1-12,20H. The molecule has 0 amide bonds. The van der Waals surface area contributed by atoms with Crippen LogP contribution in [-0.2, 0) is 0 Å². The fraction of sp³-hybridized carbons (Fsp3) is 0. The highest BCUT2D eigenvalue weighted by Crippen LogP contribution is 2.30. The van der Waals surface area contributed by atoms with E-state index in [9.17, 15) is 0 Å². The van der Waals surface area contributed by atoms with E-state index < -0.39 is 0 Å². The van der Waals surface area contributed by atoms with Crippen molar-refractivity contribution in [1.29, 1.82) is 0 Å². The minimum absolute atomic E-state index is 0.982. The van der Waals surface area contributed by atoms with Gasteiger partial charge in [0, 0.05) is 17.4 Å². The van der Waals surface area contributed by atoms with Crippen molar-refractivity contribution >= 4 is 32.9 Å². The summed E-state index contributed by atoms with van der Waals surface area (Å²) in [4.78, 5) is 8.78. The van der Waals surface area contributed by atoms with E-state index in [4.69, 9.17) is 0 Å². The van der Waals surface area contributed by atoms with Crippen LogP contribution in [0, 0.1) is 0 Å². The molecule has 22 heavy (non-hydrogen) atoms. The summed E-state index contributed by atoms with van der Waals surface area (Å²) in [6.07, 6.45) is 3.57. The summed E-state index contributed by atoms with van der Waals surface area (Å²) >= 11 is 1.72. The van der Waals surface area contributed by atoms with Gasteiger partial charge in [-0.2, -0.15) is 0 Å². The number of nitrogens with one attached hydrogen (secondary N) is 1. The van der Waals surface area contributed by atoms with E-state index >= 15 is 0 Å². The van der Waals surface area contributed by atoms with E-state index in [1.54, 1.807) is 17.5 Å². The van der Waals surface area contributed by atoms with Crippen LogP contribution in [0.2, 0.25) is 0 Å². The van der Waals surface area contributed by atoms with Crippen LogP contribution in [0.3, 0.4) is 0 Å². The molecule has 2 aromatic heterocycles. The smallest absolute Gasteiger partial charge is 0.124 e. The molecule has 0 radical (unpaired) electrons. The average molecular weight is 303 g/mol. The topological polar surface area (TPSA) is 37.8 Å². The van der Waals surface area contributed by atoms with Crippen molar-refractivity contribution in [2.45, 2.75) is 0 Å². The number of pyridine rings is 1. The molecule has 0 saturated carbocycles. The van der Waals surface area contributed by atoms with Gasteiger partial charge in [-0.3, -0.25) is 4.98 Å². The summed E-state index contributed by atoms with van der Waals surface area (Å²) in [7, 11) is 0. The summed E-state index contributed by atoms with van der Waals surface area (Å²) in [5.74, 6) is 0. The van der Waals surface area contributed by atoms with E-state index in [1.165, 1.54) is 4.70 Å². The Hall–Kier alpha value is -2.72. The minimum atomic E-state index is 0.982. The quantitative estimate of drug-likeness (QED) is 0.572. The Labute approximate surface area is 132 Å². The summed E-state index contributed by atoms with van der Waals surface area (Å²) in [5, 5.41) is 4.38. The van der Waals surface area contributed by atoms with Gasteiger partial charge in [-0.1, -0.05) is 12.1 Å². The van der Waals surface area contributed by atoms with Crippen molar-refractivity contribution in [3.05, 3.63) is 73.1 Å². The second-order valence-corrected chi connectivity index (χ2v) is 5.96. The molecule has 0 atom stereocenters. The predicted molar refractivity (Wildman–Crippen MR) is 92.6 cm³/mol. The van der Waals surface area contributed by atoms with Crippen molar-refractivity contribution in [3.8, 4) is 10.6 Å². The van der Waals surface area contributed by atoms with Gasteiger partial charge in [0.05, 0.1) is 22.1 Å². The lowest BCUT2D eigenvalue weighted by Gasteiger charge is -2.06. The van der Waals surface area contributed by atoms with Crippen LogP contribution in [0.15, 0.2) is 73.1 Å². The summed E-state index contributed by atoms with van der Waals surface area (Å²) in [6.45, 7) is 0. The van der Waals surface area contributed by atoms with Crippen LogP contribution in [0.4, 0.5) is 11.4 Å². The lowest BCUT2D eigenvalue weighted by atomic mass is 10.2. The largest absolute Gasteiger partial charge is 0.354 e. The number of fused-ring (bicyclic) bond motifs is 1. The van der Waals surface area contributed by atoms with Crippen LogP contribution in [-0.4, -0.2) is 9.97 Å². The molecular weight excluding hydrogens is 290 g/mol. The van der Waals surface area contributed by atoms with Gasteiger partial charge >= 0.3 is 0 Å². The summed E-state index contributed by atoms with van der Waals surface area (Å²) in [6, 6.07) is 20.4. The number of nitrogens with zero attached hydrogens (tertiary/aromatic N) is 2. The maximum atomic E-state index is 4.68. The SMILES string of the molecule is c1cncc(Nc2ccc(-c3nc4ccccc4s3)cc2)c1. The molecule has 0 spiro atoms. The molecule has 0 fully saturated rings. The van der Waals surface area contributed by atoms with E-state index in [2.05, 4.69) is 45.6 Å². The lowest BCUT2D eigenvalue weighted by Crippen LogP contribution is -1.90. The maximum Gasteiger partial charge on any atom is 0.124 e. The molecule has 0 bridgehead atoms. The fourth-order valence-corrected chi connectivity index (χ4v) is 3.27. The third kappa shape index (κ3) is 2.56. The highest BCUT2D eigenvalue weighted by Gasteiger charge is 2.05. The number of para-hydroxylation sites is 1. The number of hydrogen-bond acceptors (Lipinski definition) is 4. The van der Waals surface area contributed by atoms with Crippen molar-refractivity contribution in [1.82, 2.24) is 9.97 Å². The number of anilines is 2. The van der Waals surface area contributed by atoms with Gasteiger partial charge in [-0.25, -0.2) is 4.98 Å². The molecule has 106 valence electrons. The Balaban J connectivity index is 1.61. The maximum absolute atomic E-state index is 4.68. The second-order valence-electron chi connectivity index (χ2n) is 4.93. The molecule has 3 nitrogen and oxygen atoms in total. The molecular formula is C18H13N3S. The van der Waals surface area contributed by atoms with Crippen LogP contribution in [0.1, 0.15) is 0 Å². The first-order chi connectivity index (χ1) is 10.9. The molecule has 0 aliphatic heterocycles. The predicted octanol–water partition coefficient (Wildman–Crippen LogP) is 5.10. The van der Waals surface area contributed by atoms with Gasteiger partial charge in [-0.15, -0.1) is 11.3 Å². The first kappa shape index (κ1) is 13.0. The van der Waals surface area contributed by atoms with Gasteiger partial charge in [-0.05, 0) is 48.5 Å². The van der Waals surface area contributed by atoms with Crippen LogP contribution < -0.4 is 5.32 Å². The number of aromatic nitrogens is 2. The fourth-order valence-electron chi connectivity index (χ4n) is 2.30. The van der Waals surface area contributed by atoms with Crippen molar-refractivity contribution < 1.29 is 0 Å². The molecule has 4 heteroatoms. The summed E-state index contributed by atoms with van der Waals surface area (Å²) < 4.78 is 1.22. The Morgan fingerprint density at radius 2 is 1.68 bits per heavy atom. The highest BCUT2D eigenvalue weighted by molar-refractivity contribution is 7.21. The van der Waals surface area contributed by atoms with Gasteiger partial charge in [0.1, 0.15) is 5.01 Å². The van der Waals surface area contributed by atoms with E-state index in [0.717, 1.165) is 27.5 Å². The Morgan fingerprint density at radius 1 is 0.818 bits per heavy atom. The zero-order valence-corrected chi connectivity index (χ0v) is 12.5. The van der Waals surface area contributed by atoms with Crippen LogP contribution in [0.25, 0.3) is 20.8 Å². The van der Waals surface area contributed by atoms with E-state index in [1.807, 2.05) is 36.5 Å². The molecule has 4 rings (SSSR count). The number of hydrogen-bond donors (Lipinski definition) is 1. The number of rotatable bonds is 3. The minimum Gasteiger partial charge on any atom is -0.354 e.